The summed E-state index contributed by atoms with van der Waals surface area (Å²) in [6.45, 7) is 1.75. The summed E-state index contributed by atoms with van der Waals surface area (Å²) in [5.41, 5.74) is 5.66. The Hall–Kier alpha value is -1.05. The molecule has 0 aliphatic heterocycles. The normalized spacial score (nSPS) is 23.2. The van der Waals surface area contributed by atoms with E-state index in [2.05, 4.69) is 4.72 Å². The van der Waals surface area contributed by atoms with E-state index >= 15 is 0 Å². The van der Waals surface area contributed by atoms with Gasteiger partial charge in [0.25, 0.3) is 0 Å². The number of aryl methyl sites for hydroxylation is 1. The van der Waals surface area contributed by atoms with E-state index in [1.54, 1.807) is 0 Å². The summed E-state index contributed by atoms with van der Waals surface area (Å²) in [4.78, 5) is -0.650. The van der Waals surface area contributed by atoms with E-state index < -0.39 is 26.6 Å². The number of sulfonamides is 1. The second-order valence-corrected chi connectivity index (χ2v) is 6.87. The smallest absolute Gasteiger partial charge is 0.243 e. The minimum absolute atomic E-state index is 0.0446. The van der Waals surface area contributed by atoms with Crippen molar-refractivity contribution in [1.29, 1.82) is 0 Å². The van der Waals surface area contributed by atoms with Crippen molar-refractivity contribution in [3.05, 3.63) is 29.3 Å². The Bertz CT molecular complexity index is 605. The maximum atomic E-state index is 13.8. The molecule has 0 radical (unpaired) electrons. The van der Waals surface area contributed by atoms with E-state index in [1.165, 1.54) is 6.92 Å². The summed E-state index contributed by atoms with van der Waals surface area (Å²) in [6.07, 6.45) is 2.38. The molecule has 1 aromatic rings. The minimum atomic E-state index is -4.08. The van der Waals surface area contributed by atoms with Gasteiger partial charge in [0.2, 0.25) is 10.0 Å². The average molecular weight is 304 g/mol. The van der Waals surface area contributed by atoms with E-state index in [9.17, 15) is 17.2 Å². The first-order chi connectivity index (χ1) is 9.35. The molecular weight excluding hydrogens is 286 g/mol. The van der Waals surface area contributed by atoms with Gasteiger partial charge in [-0.05, 0) is 49.9 Å². The van der Waals surface area contributed by atoms with Crippen molar-refractivity contribution in [3.8, 4) is 0 Å². The van der Waals surface area contributed by atoms with Crippen LogP contribution in [0.2, 0.25) is 0 Å². The van der Waals surface area contributed by atoms with Crippen LogP contribution in [0.3, 0.4) is 0 Å². The molecule has 0 aromatic heterocycles. The Morgan fingerprint density at radius 3 is 2.65 bits per heavy atom. The van der Waals surface area contributed by atoms with E-state index in [-0.39, 0.29) is 17.5 Å². The Kier molecular flexibility index (Phi) is 4.41. The first kappa shape index (κ1) is 15.3. The third-order valence-electron chi connectivity index (χ3n) is 3.77. The SMILES string of the molecule is Cc1cc(F)c(S(=O)(=O)N[C@H]2CCC[C@H]2CN)cc1F. The molecule has 3 N–H and O–H groups in total. The first-order valence-corrected chi connectivity index (χ1v) is 8.01. The zero-order chi connectivity index (χ0) is 14.9. The second-order valence-electron chi connectivity index (χ2n) is 5.19. The van der Waals surface area contributed by atoms with Crippen LogP contribution in [-0.2, 0) is 10.0 Å². The van der Waals surface area contributed by atoms with Gasteiger partial charge in [-0.3, -0.25) is 0 Å². The molecule has 1 aliphatic carbocycles. The Morgan fingerprint density at radius 2 is 2.00 bits per heavy atom. The number of halogens is 2. The Morgan fingerprint density at radius 1 is 1.30 bits per heavy atom. The molecule has 112 valence electrons. The lowest BCUT2D eigenvalue weighted by Gasteiger charge is -2.19. The zero-order valence-electron chi connectivity index (χ0n) is 11.2. The van der Waals surface area contributed by atoms with Crippen molar-refractivity contribution in [3.63, 3.8) is 0 Å². The van der Waals surface area contributed by atoms with Gasteiger partial charge < -0.3 is 5.73 Å². The van der Waals surface area contributed by atoms with Crippen LogP contribution >= 0.6 is 0 Å². The average Bonchev–Trinajstić information content (AvgIpc) is 2.80. The molecule has 7 heteroatoms. The monoisotopic (exact) mass is 304 g/mol. The predicted molar refractivity (Wildman–Crippen MR) is 71.6 cm³/mol. The zero-order valence-corrected chi connectivity index (χ0v) is 12.0. The number of nitrogens with two attached hydrogens (primary N) is 1. The minimum Gasteiger partial charge on any atom is -0.330 e. The second kappa shape index (κ2) is 5.75. The molecule has 0 unspecified atom stereocenters. The van der Waals surface area contributed by atoms with Crippen LogP contribution in [0, 0.1) is 24.5 Å². The molecule has 20 heavy (non-hydrogen) atoms. The van der Waals surface area contributed by atoms with Gasteiger partial charge in [0.1, 0.15) is 16.5 Å². The molecule has 1 aliphatic rings. The van der Waals surface area contributed by atoms with Crippen molar-refractivity contribution >= 4 is 10.0 Å². The third kappa shape index (κ3) is 2.99. The summed E-state index contributed by atoms with van der Waals surface area (Å²) in [6, 6.07) is 1.30. The van der Waals surface area contributed by atoms with Gasteiger partial charge in [-0.15, -0.1) is 0 Å². The summed E-state index contributed by atoms with van der Waals surface area (Å²) < 4.78 is 54.0. The lowest BCUT2D eigenvalue weighted by atomic mass is 10.1. The highest BCUT2D eigenvalue weighted by Gasteiger charge is 2.31. The van der Waals surface area contributed by atoms with Crippen LogP contribution in [-0.4, -0.2) is 21.0 Å². The number of benzene rings is 1. The molecule has 2 rings (SSSR count). The number of rotatable bonds is 4. The van der Waals surface area contributed by atoms with Gasteiger partial charge >= 0.3 is 0 Å². The van der Waals surface area contributed by atoms with Gasteiger partial charge in [0.05, 0.1) is 0 Å². The lowest BCUT2D eigenvalue weighted by Crippen LogP contribution is -2.40. The fourth-order valence-electron chi connectivity index (χ4n) is 2.57. The largest absolute Gasteiger partial charge is 0.330 e. The molecule has 0 saturated heterocycles. The maximum absolute atomic E-state index is 13.8. The van der Waals surface area contributed by atoms with Gasteiger partial charge in [0.15, 0.2) is 0 Å². The molecule has 2 atom stereocenters. The van der Waals surface area contributed by atoms with Gasteiger partial charge in [-0.2, -0.15) is 0 Å². The summed E-state index contributed by atoms with van der Waals surface area (Å²) in [7, 11) is -4.08. The molecule has 0 amide bonds. The number of nitrogens with one attached hydrogen (secondary N) is 1. The fraction of sp³-hybridized carbons (Fsp3) is 0.538. The fourth-order valence-corrected chi connectivity index (χ4v) is 3.98. The van der Waals surface area contributed by atoms with Crippen molar-refractivity contribution in [2.75, 3.05) is 6.54 Å². The molecule has 1 aromatic carbocycles. The van der Waals surface area contributed by atoms with Crippen LogP contribution < -0.4 is 10.5 Å². The molecule has 0 heterocycles. The standard InChI is InChI=1S/C13H18F2N2O2S/c1-8-5-11(15)13(6-10(8)14)20(18,19)17-12-4-2-3-9(12)7-16/h5-6,9,12,17H,2-4,7,16H2,1H3/t9-,12-/m0/s1. The molecule has 1 saturated carbocycles. The number of hydrogen-bond donors (Lipinski definition) is 2. The number of hydrogen-bond acceptors (Lipinski definition) is 3. The third-order valence-corrected chi connectivity index (χ3v) is 5.28. The van der Waals surface area contributed by atoms with Crippen molar-refractivity contribution in [1.82, 2.24) is 4.72 Å². The maximum Gasteiger partial charge on any atom is 0.243 e. The highest BCUT2D eigenvalue weighted by Crippen LogP contribution is 2.27. The molecule has 1 fully saturated rings. The molecule has 4 nitrogen and oxygen atoms in total. The van der Waals surface area contributed by atoms with E-state index in [0.29, 0.717) is 13.0 Å². The van der Waals surface area contributed by atoms with Crippen LogP contribution in [0.15, 0.2) is 17.0 Å². The van der Waals surface area contributed by atoms with Gasteiger partial charge in [-0.1, -0.05) is 6.42 Å². The van der Waals surface area contributed by atoms with E-state index in [1.807, 2.05) is 0 Å². The predicted octanol–water partition coefficient (Wildman–Crippen LogP) is 1.68. The highest BCUT2D eigenvalue weighted by molar-refractivity contribution is 7.89. The molecule has 0 bridgehead atoms. The topological polar surface area (TPSA) is 72.2 Å². The summed E-state index contributed by atoms with van der Waals surface area (Å²) in [5.74, 6) is -1.64. The Labute approximate surface area is 117 Å². The molecular formula is C13H18F2N2O2S. The highest BCUT2D eigenvalue weighted by atomic mass is 32.2. The van der Waals surface area contributed by atoms with Crippen molar-refractivity contribution in [2.45, 2.75) is 37.1 Å². The van der Waals surface area contributed by atoms with E-state index in [0.717, 1.165) is 25.0 Å². The van der Waals surface area contributed by atoms with Crippen LogP contribution in [0.5, 0.6) is 0 Å². The van der Waals surface area contributed by atoms with Gasteiger partial charge in [-0.25, -0.2) is 21.9 Å². The van der Waals surface area contributed by atoms with Crippen molar-refractivity contribution < 1.29 is 17.2 Å². The summed E-state index contributed by atoms with van der Waals surface area (Å²) in [5, 5.41) is 0. The molecule has 0 spiro atoms. The van der Waals surface area contributed by atoms with Crippen LogP contribution in [0.4, 0.5) is 8.78 Å². The Balaban J connectivity index is 2.29. The quantitative estimate of drug-likeness (QED) is 0.889. The first-order valence-electron chi connectivity index (χ1n) is 6.53. The van der Waals surface area contributed by atoms with Gasteiger partial charge in [0, 0.05) is 6.04 Å². The van der Waals surface area contributed by atoms with Crippen LogP contribution in [0.1, 0.15) is 24.8 Å². The van der Waals surface area contributed by atoms with E-state index in [4.69, 9.17) is 5.73 Å². The lowest BCUT2D eigenvalue weighted by molar-refractivity contribution is 0.450. The van der Waals surface area contributed by atoms with Crippen LogP contribution in [0.25, 0.3) is 0 Å². The summed E-state index contributed by atoms with van der Waals surface area (Å²) >= 11 is 0. The van der Waals surface area contributed by atoms with Crippen molar-refractivity contribution in [2.24, 2.45) is 11.7 Å².